The van der Waals surface area contributed by atoms with E-state index in [9.17, 15) is 29.7 Å². The van der Waals surface area contributed by atoms with Crippen molar-refractivity contribution in [2.75, 3.05) is 33.2 Å². The summed E-state index contributed by atoms with van der Waals surface area (Å²) in [5, 5.41) is 32.0. The summed E-state index contributed by atoms with van der Waals surface area (Å²) in [5.41, 5.74) is -1.81. The van der Waals surface area contributed by atoms with Crippen molar-refractivity contribution >= 4 is 18.0 Å². The Labute approximate surface area is 285 Å². The average molecular weight is 679 g/mol. The first-order valence-corrected chi connectivity index (χ1v) is 17.3. The lowest BCUT2D eigenvalue weighted by molar-refractivity contribution is -0.158. The molecule has 2 saturated heterocycles. The lowest BCUT2D eigenvalue weighted by Crippen LogP contribution is -2.52. The molecule has 3 aliphatic rings. The molecule has 3 N–H and O–H groups in total. The molecule has 0 spiro atoms. The van der Waals surface area contributed by atoms with Gasteiger partial charge in [-0.3, -0.25) is 9.59 Å². The molecule has 0 aromatic carbocycles. The van der Waals surface area contributed by atoms with Crippen molar-refractivity contribution in [3.8, 4) is 0 Å². The largest absolute Gasteiger partial charge is 0.457 e. The smallest absolute Gasteiger partial charge is 0.410 e. The number of ether oxygens (including phenoxy) is 4. The molecular weight excluding hydrogens is 620 g/mol. The van der Waals surface area contributed by atoms with Crippen LogP contribution in [0.25, 0.3) is 0 Å². The number of carbonyl (C=O) groups is 3. The number of esters is 2. The predicted molar refractivity (Wildman–Crippen MR) is 180 cm³/mol. The summed E-state index contributed by atoms with van der Waals surface area (Å²) in [6.07, 6.45) is 5.55. The van der Waals surface area contributed by atoms with E-state index in [1.165, 1.54) is 6.92 Å². The van der Waals surface area contributed by atoms with Gasteiger partial charge in [-0.1, -0.05) is 45.1 Å². The van der Waals surface area contributed by atoms with E-state index in [-0.39, 0.29) is 37.4 Å². The highest BCUT2D eigenvalue weighted by Crippen LogP contribution is 2.38. The van der Waals surface area contributed by atoms with Crippen LogP contribution in [0.5, 0.6) is 0 Å². The van der Waals surface area contributed by atoms with E-state index in [1.807, 2.05) is 34.7 Å². The van der Waals surface area contributed by atoms with E-state index >= 15 is 0 Å². The number of epoxide rings is 1. The van der Waals surface area contributed by atoms with Gasteiger partial charge in [0.15, 0.2) is 11.7 Å². The number of piperazine rings is 1. The second-order valence-electron chi connectivity index (χ2n) is 14.4. The van der Waals surface area contributed by atoms with E-state index in [0.717, 1.165) is 0 Å². The monoisotopic (exact) mass is 678 g/mol. The third-order valence-electron chi connectivity index (χ3n) is 9.72. The van der Waals surface area contributed by atoms with Gasteiger partial charge in [0.1, 0.15) is 6.10 Å². The quantitative estimate of drug-likeness (QED) is 0.102. The lowest BCUT2D eigenvalue weighted by atomic mass is 9.88. The van der Waals surface area contributed by atoms with Gasteiger partial charge in [-0.2, -0.15) is 0 Å². The molecule has 272 valence electrons. The van der Waals surface area contributed by atoms with Crippen LogP contribution in [0.1, 0.15) is 80.6 Å². The number of allylic oxidation sites excluding steroid dienone is 2. The SMILES string of the molecule is CCC(O)C(C)[C@H]1O[C@@H]1CC(C)(O)/C=C/C=C(\C)[C@H]1OC(=O)C[C@H](O)CC[C@@](C)(OC(=O)N2CCN(C)CC2)[C@@H](OC(C)=O)/C=C/[C@@H]1C. The predicted octanol–water partition coefficient (Wildman–Crippen LogP) is 3.53. The minimum Gasteiger partial charge on any atom is -0.457 e. The molecule has 0 aromatic heterocycles. The van der Waals surface area contributed by atoms with Crippen LogP contribution in [0.2, 0.25) is 0 Å². The Kier molecular flexibility index (Phi) is 14.3. The third-order valence-corrected chi connectivity index (χ3v) is 9.72. The third kappa shape index (κ3) is 11.7. The molecule has 3 rings (SSSR count). The van der Waals surface area contributed by atoms with Crippen LogP contribution >= 0.6 is 0 Å². The van der Waals surface area contributed by atoms with Gasteiger partial charge >= 0.3 is 18.0 Å². The summed E-state index contributed by atoms with van der Waals surface area (Å²) < 4.78 is 23.4. The van der Waals surface area contributed by atoms with E-state index in [0.29, 0.717) is 44.6 Å². The molecule has 0 aliphatic carbocycles. The highest BCUT2D eigenvalue weighted by Gasteiger charge is 2.47. The van der Waals surface area contributed by atoms with Crippen LogP contribution in [0.3, 0.4) is 0 Å². The van der Waals surface area contributed by atoms with Crippen LogP contribution in [-0.4, -0.2) is 124 Å². The van der Waals surface area contributed by atoms with Gasteiger partial charge in [-0.25, -0.2) is 4.79 Å². The van der Waals surface area contributed by atoms with E-state index < -0.39 is 59.6 Å². The summed E-state index contributed by atoms with van der Waals surface area (Å²) in [6, 6.07) is 0. The first-order chi connectivity index (χ1) is 22.4. The minimum absolute atomic E-state index is 0.0203. The Bertz CT molecular complexity index is 1190. The normalized spacial score (nSPS) is 34.2. The average Bonchev–Trinajstić information content (AvgIpc) is 3.77. The second-order valence-corrected chi connectivity index (χ2v) is 14.4. The van der Waals surface area contributed by atoms with Crippen LogP contribution in [0.15, 0.2) is 36.0 Å². The molecule has 0 saturated carbocycles. The molecule has 2 fully saturated rings. The van der Waals surface area contributed by atoms with Gasteiger partial charge in [0, 0.05) is 51.4 Å². The van der Waals surface area contributed by atoms with Gasteiger partial charge in [0.25, 0.3) is 0 Å². The van der Waals surface area contributed by atoms with Gasteiger partial charge in [0.2, 0.25) is 0 Å². The molecule has 12 heteroatoms. The molecule has 3 unspecified atom stereocenters. The maximum atomic E-state index is 13.3. The van der Waals surface area contributed by atoms with Gasteiger partial charge in [-0.05, 0) is 58.7 Å². The highest BCUT2D eigenvalue weighted by molar-refractivity contribution is 5.71. The van der Waals surface area contributed by atoms with Crippen molar-refractivity contribution in [2.45, 2.75) is 128 Å². The van der Waals surface area contributed by atoms with Crippen LogP contribution in [0, 0.1) is 11.8 Å². The number of amides is 1. The zero-order chi connectivity index (χ0) is 35.8. The second kappa shape index (κ2) is 17.2. The topological polar surface area (TPSA) is 159 Å². The molecule has 1 amide bonds. The molecule has 0 bridgehead atoms. The Morgan fingerprint density at radius 1 is 1.21 bits per heavy atom. The molecule has 3 heterocycles. The van der Waals surface area contributed by atoms with Crippen molar-refractivity contribution < 1.29 is 48.7 Å². The van der Waals surface area contributed by atoms with Crippen molar-refractivity contribution in [3.05, 3.63) is 36.0 Å². The van der Waals surface area contributed by atoms with E-state index in [2.05, 4.69) is 4.90 Å². The number of cyclic esters (lactones) is 1. The van der Waals surface area contributed by atoms with Gasteiger partial charge in [0.05, 0.1) is 36.4 Å². The Morgan fingerprint density at radius 2 is 1.88 bits per heavy atom. The number of rotatable bonds is 10. The number of aliphatic hydroxyl groups is 3. The number of likely N-dealkylation sites (N-methyl/N-ethyl adjacent to an activating group) is 1. The van der Waals surface area contributed by atoms with Crippen LogP contribution < -0.4 is 0 Å². The van der Waals surface area contributed by atoms with Gasteiger partial charge in [-0.15, -0.1) is 0 Å². The standard InChI is InChI=1S/C36H58N2O10/c1-9-28(41)25(4)33-29(46-33)22-35(6,44)15-10-11-23(2)32-24(3)12-13-30(45-26(5)39)36(7,16-14-27(40)21-31(42)47-32)48-34(43)38-19-17-37(8)18-20-38/h10-13,15,24-25,27-30,32-33,40-41,44H,9,14,16-22H2,1-8H3/b13-12+,15-10+,23-11+/t24-,25?,27+,28?,29+,30-,32+,33+,35?,36+/m0/s1. The van der Waals surface area contributed by atoms with Crippen molar-refractivity contribution in [2.24, 2.45) is 11.8 Å². The number of hydrogen-bond acceptors (Lipinski definition) is 11. The minimum atomic E-state index is -1.32. The first-order valence-electron chi connectivity index (χ1n) is 17.3. The van der Waals surface area contributed by atoms with Gasteiger partial charge < -0.3 is 44.1 Å². The number of nitrogens with zero attached hydrogens (tertiary/aromatic N) is 2. The van der Waals surface area contributed by atoms with E-state index in [1.54, 1.807) is 49.1 Å². The van der Waals surface area contributed by atoms with Crippen LogP contribution in [-0.2, 0) is 28.5 Å². The first kappa shape index (κ1) is 39.7. The van der Waals surface area contributed by atoms with Crippen molar-refractivity contribution in [3.63, 3.8) is 0 Å². The molecule has 0 radical (unpaired) electrons. The summed E-state index contributed by atoms with van der Waals surface area (Å²) in [6.45, 7) is 14.6. The fraction of sp³-hybridized carbons (Fsp3) is 0.750. The maximum Gasteiger partial charge on any atom is 0.410 e. The fourth-order valence-electron chi connectivity index (χ4n) is 6.33. The van der Waals surface area contributed by atoms with Crippen molar-refractivity contribution in [1.29, 1.82) is 0 Å². The molecule has 3 aliphatic heterocycles. The number of carbonyl (C=O) groups excluding carboxylic acids is 3. The number of aliphatic hydroxyl groups excluding tert-OH is 2. The summed E-state index contributed by atoms with van der Waals surface area (Å²) >= 11 is 0. The Morgan fingerprint density at radius 3 is 2.50 bits per heavy atom. The summed E-state index contributed by atoms with van der Waals surface area (Å²) in [7, 11) is 1.98. The fourth-order valence-corrected chi connectivity index (χ4v) is 6.33. The zero-order valence-corrected chi connectivity index (χ0v) is 30.0. The molecular formula is C36H58N2O10. The molecule has 12 nitrogen and oxygen atoms in total. The lowest BCUT2D eigenvalue weighted by Gasteiger charge is -2.39. The molecule has 0 aromatic rings. The number of hydrogen-bond donors (Lipinski definition) is 3. The van der Waals surface area contributed by atoms with Crippen molar-refractivity contribution in [1.82, 2.24) is 9.80 Å². The summed E-state index contributed by atoms with van der Waals surface area (Å²) in [5.74, 6) is -1.56. The highest BCUT2D eigenvalue weighted by atomic mass is 16.6. The zero-order valence-electron chi connectivity index (χ0n) is 30.0. The Hall–Kier alpha value is -2.77. The summed E-state index contributed by atoms with van der Waals surface area (Å²) in [4.78, 5) is 42.2. The van der Waals surface area contributed by atoms with Crippen LogP contribution in [0.4, 0.5) is 4.79 Å². The maximum absolute atomic E-state index is 13.3. The molecule has 48 heavy (non-hydrogen) atoms. The Balaban J connectivity index is 1.80. The molecule has 10 atom stereocenters. The van der Waals surface area contributed by atoms with E-state index in [4.69, 9.17) is 18.9 Å².